The number of nitrogen functional groups attached to an aromatic ring is 1. The van der Waals surface area contributed by atoms with E-state index < -0.39 is 0 Å². The molecule has 8 heteroatoms. The highest BCUT2D eigenvalue weighted by Gasteiger charge is 2.14. The van der Waals surface area contributed by atoms with Gasteiger partial charge in [0.1, 0.15) is 0 Å². The molecule has 2 N–H and O–H groups in total. The fourth-order valence-corrected chi connectivity index (χ4v) is 2.38. The van der Waals surface area contributed by atoms with Crippen LogP contribution in [-0.2, 0) is 0 Å². The molecule has 2 heterocycles. The normalized spacial score (nSPS) is 11.2. The van der Waals surface area contributed by atoms with Gasteiger partial charge in [0.25, 0.3) is 5.78 Å². The Balaban J connectivity index is 2.23. The maximum Gasteiger partial charge on any atom is 0.258 e. The summed E-state index contributed by atoms with van der Waals surface area (Å²) in [6, 6.07) is 5.70. The summed E-state index contributed by atoms with van der Waals surface area (Å²) in [6.07, 6.45) is 1.87. The van der Waals surface area contributed by atoms with Crippen molar-refractivity contribution in [2.24, 2.45) is 0 Å². The number of hydrogen-bond donors (Lipinski definition) is 1. The third kappa shape index (κ3) is 2.08. The molecule has 20 heavy (non-hydrogen) atoms. The van der Waals surface area contributed by atoms with Crippen molar-refractivity contribution in [1.29, 1.82) is 0 Å². The molecule has 0 aliphatic carbocycles. The highest BCUT2D eigenvalue weighted by atomic mass is 35.5. The highest BCUT2D eigenvalue weighted by molar-refractivity contribution is 7.98. The molecule has 0 aliphatic heterocycles. The Kier molecular flexibility index (Phi) is 3.23. The van der Waals surface area contributed by atoms with E-state index in [1.165, 1.54) is 16.3 Å². The molecule has 0 bridgehead atoms. The molecule has 2 aromatic heterocycles. The van der Waals surface area contributed by atoms with Crippen LogP contribution in [0.5, 0.6) is 0 Å². The van der Waals surface area contributed by atoms with Crippen LogP contribution in [0.2, 0.25) is 5.02 Å². The average Bonchev–Trinajstić information content (AvgIpc) is 2.86. The molecule has 102 valence electrons. The van der Waals surface area contributed by atoms with Crippen molar-refractivity contribution in [2.75, 3.05) is 12.0 Å². The van der Waals surface area contributed by atoms with E-state index >= 15 is 0 Å². The Bertz CT molecular complexity index is 800. The predicted octanol–water partition coefficient (Wildman–Crippen LogP) is 2.45. The van der Waals surface area contributed by atoms with Crippen molar-refractivity contribution in [3.05, 3.63) is 28.8 Å². The fourth-order valence-electron chi connectivity index (χ4n) is 1.81. The quantitative estimate of drug-likeness (QED) is 0.732. The van der Waals surface area contributed by atoms with Crippen LogP contribution in [0.4, 0.5) is 5.95 Å². The minimum absolute atomic E-state index is 0.252. The van der Waals surface area contributed by atoms with Crippen molar-refractivity contribution < 1.29 is 0 Å². The molecule has 0 saturated carbocycles. The molecule has 6 nitrogen and oxygen atoms in total. The van der Waals surface area contributed by atoms with Crippen LogP contribution in [0.15, 0.2) is 23.4 Å². The Morgan fingerprint density at radius 1 is 1.25 bits per heavy atom. The zero-order chi connectivity index (χ0) is 14.3. The lowest BCUT2D eigenvalue weighted by atomic mass is 10.1. The van der Waals surface area contributed by atoms with Crippen molar-refractivity contribution in [1.82, 2.24) is 24.6 Å². The summed E-state index contributed by atoms with van der Waals surface area (Å²) in [5.41, 5.74) is 7.57. The number of nitrogens with zero attached hydrogens (tertiary/aromatic N) is 5. The summed E-state index contributed by atoms with van der Waals surface area (Å²) < 4.78 is 1.41. The number of benzene rings is 1. The number of aryl methyl sites for hydroxylation is 1. The molecule has 0 atom stereocenters. The number of hydrogen-bond acceptors (Lipinski definition) is 6. The first-order valence-corrected chi connectivity index (χ1v) is 7.40. The fraction of sp³-hybridized carbons (Fsp3) is 0.167. The SMILES string of the molecule is CSc1nc(N)n2nc(-c3cccc(C)c3Cl)nc2n1. The second kappa shape index (κ2) is 4.92. The van der Waals surface area contributed by atoms with Crippen LogP contribution in [0.3, 0.4) is 0 Å². The van der Waals surface area contributed by atoms with Gasteiger partial charge in [0.05, 0.1) is 5.02 Å². The monoisotopic (exact) mass is 306 g/mol. The molecule has 0 spiro atoms. The molecule has 1 aromatic carbocycles. The maximum atomic E-state index is 6.29. The van der Waals surface area contributed by atoms with E-state index in [0.29, 0.717) is 21.8 Å². The molecule has 0 amide bonds. The number of fused-ring (bicyclic) bond motifs is 1. The van der Waals surface area contributed by atoms with E-state index in [0.717, 1.165) is 11.1 Å². The summed E-state index contributed by atoms with van der Waals surface area (Å²) >= 11 is 7.69. The third-order valence-electron chi connectivity index (χ3n) is 2.83. The van der Waals surface area contributed by atoms with Gasteiger partial charge in [0, 0.05) is 5.56 Å². The van der Waals surface area contributed by atoms with Crippen molar-refractivity contribution in [2.45, 2.75) is 12.1 Å². The zero-order valence-corrected chi connectivity index (χ0v) is 12.4. The Morgan fingerprint density at radius 2 is 2.05 bits per heavy atom. The minimum Gasteiger partial charge on any atom is -0.368 e. The highest BCUT2D eigenvalue weighted by Crippen LogP contribution is 2.28. The molecule has 3 aromatic rings. The third-order valence-corrected chi connectivity index (χ3v) is 3.88. The Morgan fingerprint density at radius 3 is 2.80 bits per heavy atom. The predicted molar refractivity (Wildman–Crippen MR) is 80.0 cm³/mol. The number of halogens is 1. The number of thioether (sulfide) groups is 1. The first kappa shape index (κ1) is 13.1. The smallest absolute Gasteiger partial charge is 0.258 e. The number of aromatic nitrogens is 5. The first-order valence-electron chi connectivity index (χ1n) is 5.80. The minimum atomic E-state index is 0.252. The van der Waals surface area contributed by atoms with Gasteiger partial charge in [0.15, 0.2) is 11.0 Å². The molecule has 0 radical (unpaired) electrons. The van der Waals surface area contributed by atoms with Crippen LogP contribution < -0.4 is 5.73 Å². The lowest BCUT2D eigenvalue weighted by molar-refractivity contribution is 0.851. The Hall–Kier alpha value is -1.86. The molecular formula is C12H11ClN6S. The molecule has 0 fully saturated rings. The van der Waals surface area contributed by atoms with Crippen molar-refractivity contribution in [3.8, 4) is 11.4 Å². The van der Waals surface area contributed by atoms with Gasteiger partial charge in [-0.05, 0) is 24.8 Å². The van der Waals surface area contributed by atoms with E-state index in [9.17, 15) is 0 Å². The van der Waals surface area contributed by atoms with Gasteiger partial charge in [-0.3, -0.25) is 0 Å². The summed E-state index contributed by atoms with van der Waals surface area (Å²) in [7, 11) is 0. The average molecular weight is 307 g/mol. The lowest BCUT2D eigenvalue weighted by Gasteiger charge is -2.01. The number of rotatable bonds is 2. The molecule has 0 unspecified atom stereocenters. The lowest BCUT2D eigenvalue weighted by Crippen LogP contribution is -2.04. The van der Waals surface area contributed by atoms with Gasteiger partial charge in [-0.2, -0.15) is 19.5 Å². The van der Waals surface area contributed by atoms with Gasteiger partial charge >= 0.3 is 0 Å². The largest absolute Gasteiger partial charge is 0.368 e. The van der Waals surface area contributed by atoms with E-state index in [1.54, 1.807) is 0 Å². The van der Waals surface area contributed by atoms with Crippen LogP contribution in [0.25, 0.3) is 17.2 Å². The Labute approximate surface area is 124 Å². The first-order chi connectivity index (χ1) is 9.60. The topological polar surface area (TPSA) is 82.0 Å². The van der Waals surface area contributed by atoms with E-state index in [4.69, 9.17) is 17.3 Å². The van der Waals surface area contributed by atoms with E-state index in [-0.39, 0.29) is 5.95 Å². The summed E-state index contributed by atoms with van der Waals surface area (Å²) in [6.45, 7) is 1.93. The van der Waals surface area contributed by atoms with E-state index in [2.05, 4.69) is 20.1 Å². The van der Waals surface area contributed by atoms with Crippen LogP contribution >= 0.6 is 23.4 Å². The second-order valence-electron chi connectivity index (χ2n) is 4.15. The molecule has 0 aliphatic rings. The van der Waals surface area contributed by atoms with Gasteiger partial charge < -0.3 is 5.73 Å². The summed E-state index contributed by atoms with van der Waals surface area (Å²) in [4.78, 5) is 12.8. The molecule has 0 saturated heterocycles. The molecule has 3 rings (SSSR count). The van der Waals surface area contributed by atoms with Crippen LogP contribution in [0, 0.1) is 6.92 Å². The second-order valence-corrected chi connectivity index (χ2v) is 5.30. The number of nitrogens with two attached hydrogens (primary N) is 1. The van der Waals surface area contributed by atoms with Crippen LogP contribution in [0.1, 0.15) is 5.56 Å². The van der Waals surface area contributed by atoms with E-state index in [1.807, 2.05) is 31.4 Å². The van der Waals surface area contributed by atoms with Crippen molar-refractivity contribution >= 4 is 35.1 Å². The van der Waals surface area contributed by atoms with Crippen molar-refractivity contribution in [3.63, 3.8) is 0 Å². The standard InChI is InChI=1S/C12H11ClN6S/c1-6-4-3-5-7(8(6)13)9-15-11-17-12(20-2)16-10(14)19(11)18-9/h3-5H,1-2H3,(H2,14,15,16,17,18). The van der Waals surface area contributed by atoms with Gasteiger partial charge in [0.2, 0.25) is 5.95 Å². The number of anilines is 1. The summed E-state index contributed by atoms with van der Waals surface area (Å²) in [5, 5.41) is 5.51. The maximum absolute atomic E-state index is 6.29. The molecular weight excluding hydrogens is 296 g/mol. The van der Waals surface area contributed by atoms with Gasteiger partial charge in [-0.15, -0.1) is 5.10 Å². The van der Waals surface area contributed by atoms with Crippen LogP contribution in [-0.4, -0.2) is 30.8 Å². The van der Waals surface area contributed by atoms with Gasteiger partial charge in [-0.25, -0.2) is 0 Å². The summed E-state index contributed by atoms with van der Waals surface area (Å²) in [5.74, 6) is 1.15. The zero-order valence-electron chi connectivity index (χ0n) is 10.8. The van der Waals surface area contributed by atoms with Gasteiger partial charge in [-0.1, -0.05) is 35.5 Å².